The van der Waals surface area contributed by atoms with Crippen LogP contribution < -0.4 is 5.32 Å². The lowest BCUT2D eigenvalue weighted by Crippen LogP contribution is -2.36. The van der Waals surface area contributed by atoms with Gasteiger partial charge in [0.05, 0.1) is 0 Å². The molecular weight excluding hydrogens is 264 g/mol. The van der Waals surface area contributed by atoms with E-state index in [1.54, 1.807) is 5.56 Å². The highest BCUT2D eigenvalue weighted by atomic mass is 32.1. The monoisotopic (exact) mass is 288 g/mol. The predicted molar refractivity (Wildman–Crippen MR) is 88.3 cm³/mol. The van der Waals surface area contributed by atoms with Crippen molar-refractivity contribution in [2.45, 2.75) is 45.3 Å². The van der Waals surface area contributed by atoms with Crippen LogP contribution in [0.15, 0.2) is 24.3 Å². The number of thiophene rings is 1. The smallest absolute Gasteiger partial charge is 0.0349 e. The van der Waals surface area contributed by atoms with E-state index >= 15 is 0 Å². The Labute approximate surface area is 125 Å². The molecule has 1 heterocycles. The summed E-state index contributed by atoms with van der Waals surface area (Å²) in [5.74, 6) is 0. The normalized spacial score (nSPS) is 15.9. The van der Waals surface area contributed by atoms with Crippen LogP contribution in [0.4, 0.5) is 0 Å². The summed E-state index contributed by atoms with van der Waals surface area (Å²) in [6, 6.07) is 9.66. The lowest BCUT2D eigenvalue weighted by molar-refractivity contribution is 0.153. The molecule has 2 aromatic rings. The maximum Gasteiger partial charge on any atom is 0.0349 e. The van der Waals surface area contributed by atoms with Crippen molar-refractivity contribution in [3.05, 3.63) is 34.7 Å². The lowest BCUT2D eigenvalue weighted by atomic mass is 9.91. The van der Waals surface area contributed by atoms with Gasteiger partial charge in [0.2, 0.25) is 0 Å². The Morgan fingerprint density at radius 3 is 2.80 bits per heavy atom. The minimum atomic E-state index is 0.806. The summed E-state index contributed by atoms with van der Waals surface area (Å²) < 4.78 is 1.43. The summed E-state index contributed by atoms with van der Waals surface area (Å²) in [5.41, 5.74) is 1.54. The predicted octanol–water partition coefficient (Wildman–Crippen LogP) is 4.00. The van der Waals surface area contributed by atoms with Crippen molar-refractivity contribution in [1.82, 2.24) is 10.2 Å². The number of hydrogen-bond donors (Lipinski definition) is 1. The maximum atomic E-state index is 3.49. The third-order valence-electron chi connectivity index (χ3n) is 4.42. The van der Waals surface area contributed by atoms with Gasteiger partial charge in [-0.1, -0.05) is 31.5 Å². The topological polar surface area (TPSA) is 15.3 Å². The molecule has 0 bridgehead atoms. The van der Waals surface area contributed by atoms with Crippen molar-refractivity contribution < 1.29 is 0 Å². The summed E-state index contributed by atoms with van der Waals surface area (Å²) in [6.07, 6.45) is 4.16. The van der Waals surface area contributed by atoms with Gasteiger partial charge in [0, 0.05) is 28.7 Å². The van der Waals surface area contributed by atoms with Crippen LogP contribution in [0.1, 0.15) is 36.6 Å². The van der Waals surface area contributed by atoms with Gasteiger partial charge in [-0.2, -0.15) is 0 Å². The first-order valence-electron chi connectivity index (χ1n) is 7.70. The Hall–Kier alpha value is -0.900. The first kappa shape index (κ1) is 14.1. The molecule has 0 saturated heterocycles. The third-order valence-corrected chi connectivity index (χ3v) is 5.64. The molecule has 2 nitrogen and oxygen atoms in total. The fourth-order valence-electron chi connectivity index (χ4n) is 2.91. The Morgan fingerprint density at radius 1 is 1.30 bits per heavy atom. The van der Waals surface area contributed by atoms with Gasteiger partial charge >= 0.3 is 0 Å². The molecule has 0 atom stereocenters. The third kappa shape index (κ3) is 2.76. The molecule has 1 aromatic heterocycles. The van der Waals surface area contributed by atoms with E-state index in [2.05, 4.69) is 48.5 Å². The van der Waals surface area contributed by atoms with Crippen molar-refractivity contribution in [2.75, 3.05) is 13.6 Å². The second kappa shape index (κ2) is 6.25. The fraction of sp³-hybridized carbons (Fsp3) is 0.529. The van der Waals surface area contributed by atoms with Crippen LogP contribution in [-0.2, 0) is 13.1 Å². The van der Waals surface area contributed by atoms with Crippen molar-refractivity contribution in [2.24, 2.45) is 0 Å². The molecule has 1 aromatic carbocycles. The Bertz CT molecular complexity index is 571. The average Bonchev–Trinajstić information content (AvgIpc) is 2.73. The van der Waals surface area contributed by atoms with Crippen LogP contribution >= 0.6 is 11.3 Å². The zero-order valence-electron chi connectivity index (χ0n) is 12.5. The van der Waals surface area contributed by atoms with Gasteiger partial charge < -0.3 is 5.32 Å². The number of rotatable bonds is 6. The van der Waals surface area contributed by atoms with E-state index in [-0.39, 0.29) is 0 Å². The lowest BCUT2D eigenvalue weighted by Gasteiger charge is -2.35. The molecule has 0 spiro atoms. The molecule has 3 heteroatoms. The number of hydrogen-bond acceptors (Lipinski definition) is 3. The molecule has 0 radical (unpaired) electrons. The van der Waals surface area contributed by atoms with E-state index in [1.165, 1.54) is 34.2 Å². The molecule has 1 fully saturated rings. The highest BCUT2D eigenvalue weighted by Crippen LogP contribution is 2.34. The van der Waals surface area contributed by atoms with Crippen LogP contribution in [0.2, 0.25) is 0 Å². The Balaban J connectivity index is 1.88. The van der Waals surface area contributed by atoms with Crippen LogP contribution in [0.25, 0.3) is 10.1 Å². The van der Waals surface area contributed by atoms with Crippen molar-refractivity contribution in [3.8, 4) is 0 Å². The number of benzene rings is 1. The quantitative estimate of drug-likeness (QED) is 0.864. The Morgan fingerprint density at radius 2 is 2.10 bits per heavy atom. The van der Waals surface area contributed by atoms with Gasteiger partial charge in [-0.3, -0.25) is 4.90 Å². The summed E-state index contributed by atoms with van der Waals surface area (Å²) in [7, 11) is 2.29. The van der Waals surface area contributed by atoms with Gasteiger partial charge in [0.1, 0.15) is 0 Å². The van der Waals surface area contributed by atoms with E-state index < -0.39 is 0 Å². The first-order chi connectivity index (χ1) is 9.79. The maximum absolute atomic E-state index is 3.49. The van der Waals surface area contributed by atoms with E-state index in [0.717, 1.165) is 25.7 Å². The molecule has 1 saturated carbocycles. The van der Waals surface area contributed by atoms with E-state index in [1.807, 2.05) is 11.3 Å². The number of fused-ring (bicyclic) bond motifs is 1. The molecule has 1 N–H and O–H groups in total. The second-order valence-corrected chi connectivity index (χ2v) is 6.92. The van der Waals surface area contributed by atoms with Crippen LogP contribution in [0.5, 0.6) is 0 Å². The van der Waals surface area contributed by atoms with Crippen molar-refractivity contribution in [3.63, 3.8) is 0 Å². The van der Waals surface area contributed by atoms with Crippen molar-refractivity contribution in [1.29, 1.82) is 0 Å². The Kier molecular flexibility index (Phi) is 4.39. The minimum absolute atomic E-state index is 0.806. The molecule has 0 unspecified atom stereocenters. The molecular formula is C17H24N2S. The standard InChI is InChI=1S/C17H24N2S/c1-3-18-11-17-15(12-19(2)13-7-6-8-13)14-9-4-5-10-16(14)20-17/h4-5,9-10,13,18H,3,6-8,11-12H2,1-2H3. The summed E-state index contributed by atoms with van der Waals surface area (Å²) >= 11 is 1.95. The minimum Gasteiger partial charge on any atom is -0.312 e. The van der Waals surface area contributed by atoms with Crippen molar-refractivity contribution >= 4 is 21.4 Å². The molecule has 20 heavy (non-hydrogen) atoms. The highest BCUT2D eigenvalue weighted by Gasteiger charge is 2.23. The zero-order chi connectivity index (χ0) is 13.9. The van der Waals surface area contributed by atoms with E-state index in [4.69, 9.17) is 0 Å². The molecule has 0 aliphatic heterocycles. The van der Waals surface area contributed by atoms with Crippen LogP contribution in [-0.4, -0.2) is 24.5 Å². The second-order valence-electron chi connectivity index (χ2n) is 5.78. The first-order valence-corrected chi connectivity index (χ1v) is 8.51. The van der Waals surface area contributed by atoms with Gasteiger partial charge in [0.15, 0.2) is 0 Å². The van der Waals surface area contributed by atoms with E-state index in [0.29, 0.717) is 0 Å². The largest absolute Gasteiger partial charge is 0.312 e. The summed E-state index contributed by atoms with van der Waals surface area (Å²) in [4.78, 5) is 4.06. The molecule has 3 rings (SSSR count). The fourth-order valence-corrected chi connectivity index (χ4v) is 4.10. The van der Waals surface area contributed by atoms with E-state index in [9.17, 15) is 0 Å². The van der Waals surface area contributed by atoms with Gasteiger partial charge in [-0.25, -0.2) is 0 Å². The highest BCUT2D eigenvalue weighted by molar-refractivity contribution is 7.19. The SMILES string of the molecule is CCNCc1sc2ccccc2c1CN(C)C1CCC1. The molecule has 0 amide bonds. The molecule has 108 valence electrons. The van der Waals surface area contributed by atoms with Gasteiger partial charge in [0.25, 0.3) is 0 Å². The zero-order valence-corrected chi connectivity index (χ0v) is 13.3. The molecule has 1 aliphatic rings. The number of nitrogens with one attached hydrogen (secondary N) is 1. The summed E-state index contributed by atoms with van der Waals surface area (Å²) in [6.45, 7) is 5.30. The summed E-state index contributed by atoms with van der Waals surface area (Å²) in [5, 5.41) is 4.94. The van der Waals surface area contributed by atoms with Gasteiger partial charge in [-0.15, -0.1) is 11.3 Å². The number of nitrogens with zero attached hydrogens (tertiary/aromatic N) is 1. The van der Waals surface area contributed by atoms with Crippen LogP contribution in [0, 0.1) is 0 Å². The average molecular weight is 288 g/mol. The van der Waals surface area contributed by atoms with Crippen LogP contribution in [0.3, 0.4) is 0 Å². The molecule has 1 aliphatic carbocycles. The van der Waals surface area contributed by atoms with Gasteiger partial charge in [-0.05, 0) is 43.5 Å².